The average molecular weight is 248 g/mol. The Morgan fingerprint density at radius 3 is 2.12 bits per heavy atom. The normalized spacial score (nSPS) is 11.1. The van der Waals surface area contributed by atoms with Gasteiger partial charge in [-0.05, 0) is 25.1 Å². The molecule has 17 heavy (non-hydrogen) atoms. The number of hydrogen-bond donors (Lipinski definition) is 1. The Morgan fingerprint density at radius 1 is 1.18 bits per heavy atom. The van der Waals surface area contributed by atoms with Gasteiger partial charge >= 0.3 is 12.3 Å². The van der Waals surface area contributed by atoms with E-state index in [-0.39, 0.29) is 5.56 Å². The van der Waals surface area contributed by atoms with Crippen molar-refractivity contribution >= 4 is 11.8 Å². The van der Waals surface area contributed by atoms with Crippen molar-refractivity contribution in [1.29, 1.82) is 0 Å². The van der Waals surface area contributed by atoms with Gasteiger partial charge in [0.2, 0.25) is 0 Å². The number of rotatable bonds is 3. The van der Waals surface area contributed by atoms with E-state index in [0.29, 0.717) is 6.07 Å². The highest BCUT2D eigenvalue weighted by molar-refractivity contribution is 5.98. The Balaban J connectivity index is 3.22. The Bertz CT molecular complexity index is 433. The molecule has 0 heterocycles. The fraction of sp³-hybridized carbons (Fsp3) is 0.200. The van der Waals surface area contributed by atoms with Crippen LogP contribution in [0.5, 0.6) is 5.75 Å². The number of benzene rings is 1. The van der Waals surface area contributed by atoms with Gasteiger partial charge in [-0.15, -0.1) is 13.2 Å². The van der Waals surface area contributed by atoms with E-state index in [1.807, 2.05) is 0 Å². The lowest BCUT2D eigenvalue weighted by molar-refractivity contribution is -0.274. The molecule has 7 heteroatoms. The van der Waals surface area contributed by atoms with E-state index in [2.05, 4.69) is 4.74 Å². The highest BCUT2D eigenvalue weighted by atomic mass is 19.4. The molecule has 0 radical (unpaired) electrons. The summed E-state index contributed by atoms with van der Waals surface area (Å²) in [6.45, 7) is 1.11. The SMILES string of the molecule is CC(=O)c1cc(OC(F)(F)F)cc(C(=O)O)c1. The zero-order valence-electron chi connectivity index (χ0n) is 8.54. The van der Waals surface area contributed by atoms with Crippen LogP contribution in [0.4, 0.5) is 13.2 Å². The van der Waals surface area contributed by atoms with E-state index < -0.39 is 29.4 Å². The molecular formula is C10H7F3O4. The van der Waals surface area contributed by atoms with Crippen LogP contribution in [-0.2, 0) is 0 Å². The predicted molar refractivity (Wildman–Crippen MR) is 50.1 cm³/mol. The smallest absolute Gasteiger partial charge is 0.478 e. The Hall–Kier alpha value is -2.05. The van der Waals surface area contributed by atoms with Gasteiger partial charge in [0.1, 0.15) is 5.75 Å². The molecule has 0 amide bonds. The van der Waals surface area contributed by atoms with Crippen molar-refractivity contribution in [3.05, 3.63) is 29.3 Å². The first kappa shape index (κ1) is 13.0. The van der Waals surface area contributed by atoms with Gasteiger partial charge in [-0.1, -0.05) is 0 Å². The number of carboxylic acids is 1. The van der Waals surface area contributed by atoms with Gasteiger partial charge in [0.25, 0.3) is 0 Å². The minimum Gasteiger partial charge on any atom is -0.478 e. The second-order valence-electron chi connectivity index (χ2n) is 3.16. The quantitative estimate of drug-likeness (QED) is 0.834. The molecule has 92 valence electrons. The summed E-state index contributed by atoms with van der Waals surface area (Å²) in [6.07, 6.45) is -4.94. The van der Waals surface area contributed by atoms with Gasteiger partial charge in [0, 0.05) is 5.56 Å². The minimum atomic E-state index is -4.94. The minimum absolute atomic E-state index is 0.163. The molecular weight excluding hydrogens is 241 g/mol. The lowest BCUT2D eigenvalue weighted by Gasteiger charge is -2.10. The van der Waals surface area contributed by atoms with Crippen molar-refractivity contribution in [1.82, 2.24) is 0 Å². The number of aromatic carboxylic acids is 1. The molecule has 0 fully saturated rings. The molecule has 4 nitrogen and oxygen atoms in total. The largest absolute Gasteiger partial charge is 0.573 e. The lowest BCUT2D eigenvalue weighted by Crippen LogP contribution is -2.17. The number of alkyl halides is 3. The summed E-state index contributed by atoms with van der Waals surface area (Å²) in [6, 6.07) is 2.51. The number of halogens is 3. The summed E-state index contributed by atoms with van der Waals surface area (Å²) in [5, 5.41) is 8.67. The maximum atomic E-state index is 12.0. The summed E-state index contributed by atoms with van der Waals surface area (Å²) in [5.74, 6) is -2.73. The van der Waals surface area contributed by atoms with E-state index in [0.717, 1.165) is 19.1 Å². The second-order valence-corrected chi connectivity index (χ2v) is 3.16. The third-order valence-electron chi connectivity index (χ3n) is 1.79. The second kappa shape index (κ2) is 4.44. The van der Waals surface area contributed by atoms with Crippen molar-refractivity contribution in [3.63, 3.8) is 0 Å². The maximum Gasteiger partial charge on any atom is 0.573 e. The van der Waals surface area contributed by atoms with E-state index in [1.165, 1.54) is 0 Å². The van der Waals surface area contributed by atoms with Crippen LogP contribution >= 0.6 is 0 Å². The third-order valence-corrected chi connectivity index (χ3v) is 1.79. The summed E-state index contributed by atoms with van der Waals surface area (Å²) in [7, 11) is 0. The van der Waals surface area contributed by atoms with Gasteiger partial charge in [0.05, 0.1) is 5.56 Å². The van der Waals surface area contributed by atoms with Crippen molar-refractivity contribution in [2.45, 2.75) is 13.3 Å². The van der Waals surface area contributed by atoms with Gasteiger partial charge in [-0.25, -0.2) is 4.79 Å². The van der Waals surface area contributed by atoms with E-state index in [9.17, 15) is 22.8 Å². The first-order valence-corrected chi connectivity index (χ1v) is 4.34. The van der Waals surface area contributed by atoms with Crippen LogP contribution < -0.4 is 4.74 Å². The molecule has 1 aromatic rings. The molecule has 0 bridgehead atoms. The number of ether oxygens (including phenoxy) is 1. The number of carboxylic acid groups (broad SMARTS) is 1. The number of Topliss-reactive ketones (excluding diaryl/α,β-unsaturated/α-hetero) is 1. The molecule has 0 aliphatic heterocycles. The van der Waals surface area contributed by atoms with Crippen LogP contribution in [-0.4, -0.2) is 23.2 Å². The fourth-order valence-electron chi connectivity index (χ4n) is 1.12. The summed E-state index contributed by atoms with van der Waals surface area (Å²) >= 11 is 0. The Labute approximate surface area is 93.6 Å². The molecule has 0 spiro atoms. The van der Waals surface area contributed by atoms with Crippen LogP contribution in [0.2, 0.25) is 0 Å². The van der Waals surface area contributed by atoms with E-state index >= 15 is 0 Å². The Morgan fingerprint density at radius 2 is 1.71 bits per heavy atom. The molecule has 0 aliphatic rings. The highest BCUT2D eigenvalue weighted by Gasteiger charge is 2.31. The van der Waals surface area contributed by atoms with Crippen molar-refractivity contribution in [2.24, 2.45) is 0 Å². The van der Waals surface area contributed by atoms with Crippen molar-refractivity contribution < 1.29 is 32.6 Å². The number of ketones is 1. The lowest BCUT2D eigenvalue weighted by atomic mass is 10.1. The van der Waals surface area contributed by atoms with Crippen LogP contribution in [0.1, 0.15) is 27.6 Å². The first-order valence-electron chi connectivity index (χ1n) is 4.34. The summed E-state index contributed by atoms with van der Waals surface area (Å²) < 4.78 is 39.4. The standard InChI is InChI=1S/C10H7F3O4/c1-5(14)6-2-7(9(15)16)4-8(3-6)17-10(11,12)13/h2-4H,1H3,(H,15,16). The van der Waals surface area contributed by atoms with Crippen LogP contribution in [0, 0.1) is 0 Å². The van der Waals surface area contributed by atoms with Crippen molar-refractivity contribution in [2.75, 3.05) is 0 Å². The monoisotopic (exact) mass is 248 g/mol. The van der Waals surface area contributed by atoms with Gasteiger partial charge in [0.15, 0.2) is 5.78 Å². The molecule has 1 N–H and O–H groups in total. The first-order chi connectivity index (χ1) is 7.69. The molecule has 0 aliphatic carbocycles. The molecule has 0 atom stereocenters. The topological polar surface area (TPSA) is 63.6 Å². The summed E-state index contributed by atoms with van der Waals surface area (Å²) in [5.41, 5.74) is -0.610. The molecule has 0 saturated carbocycles. The van der Waals surface area contributed by atoms with E-state index in [1.54, 1.807) is 0 Å². The Kier molecular flexibility index (Phi) is 3.40. The van der Waals surface area contributed by atoms with Crippen LogP contribution in [0.3, 0.4) is 0 Å². The zero-order chi connectivity index (χ0) is 13.2. The molecule has 0 unspecified atom stereocenters. The van der Waals surface area contributed by atoms with E-state index in [4.69, 9.17) is 5.11 Å². The molecule has 0 aromatic heterocycles. The van der Waals surface area contributed by atoms with Crippen LogP contribution in [0.15, 0.2) is 18.2 Å². The van der Waals surface area contributed by atoms with Gasteiger partial charge < -0.3 is 9.84 Å². The number of hydrogen-bond acceptors (Lipinski definition) is 3. The number of carbonyl (C=O) groups excluding carboxylic acids is 1. The molecule has 1 rings (SSSR count). The summed E-state index contributed by atoms with van der Waals surface area (Å²) in [4.78, 5) is 21.7. The van der Waals surface area contributed by atoms with Gasteiger partial charge in [-0.3, -0.25) is 4.79 Å². The van der Waals surface area contributed by atoms with Crippen LogP contribution in [0.25, 0.3) is 0 Å². The predicted octanol–water partition coefficient (Wildman–Crippen LogP) is 2.49. The molecule has 0 saturated heterocycles. The highest BCUT2D eigenvalue weighted by Crippen LogP contribution is 2.25. The fourth-order valence-corrected chi connectivity index (χ4v) is 1.12. The third kappa shape index (κ3) is 3.78. The van der Waals surface area contributed by atoms with Crippen molar-refractivity contribution in [3.8, 4) is 5.75 Å². The number of carbonyl (C=O) groups is 2. The average Bonchev–Trinajstić information content (AvgIpc) is 2.14. The maximum absolute atomic E-state index is 12.0. The zero-order valence-corrected chi connectivity index (χ0v) is 8.54. The van der Waals surface area contributed by atoms with Gasteiger partial charge in [-0.2, -0.15) is 0 Å². The molecule has 1 aromatic carbocycles.